The van der Waals surface area contributed by atoms with E-state index in [0.717, 1.165) is 34.1 Å². The first-order valence-corrected chi connectivity index (χ1v) is 10.6. The Labute approximate surface area is 191 Å². The van der Waals surface area contributed by atoms with Crippen molar-refractivity contribution in [3.05, 3.63) is 96.1 Å². The van der Waals surface area contributed by atoms with Gasteiger partial charge in [0.1, 0.15) is 24.0 Å². The number of anilines is 1. The molecule has 33 heavy (non-hydrogen) atoms. The number of hydrogen-bond acceptors (Lipinski definition) is 5. The number of pyridine rings is 1. The van der Waals surface area contributed by atoms with Gasteiger partial charge in [0, 0.05) is 5.56 Å². The summed E-state index contributed by atoms with van der Waals surface area (Å²) >= 11 is 0. The van der Waals surface area contributed by atoms with E-state index < -0.39 is 0 Å². The molecule has 0 bridgehead atoms. The second-order valence-corrected chi connectivity index (χ2v) is 7.94. The molecule has 7 nitrogen and oxygen atoms in total. The lowest BCUT2D eigenvalue weighted by Crippen LogP contribution is -2.27. The van der Waals surface area contributed by atoms with Crippen molar-refractivity contribution in [3.63, 3.8) is 0 Å². The molecule has 1 aliphatic heterocycles. The number of nitrogens with zero attached hydrogens (tertiary/aromatic N) is 6. The quantitative estimate of drug-likeness (QED) is 0.483. The van der Waals surface area contributed by atoms with Gasteiger partial charge in [-0.25, -0.2) is 9.97 Å². The normalized spacial score (nSPS) is 15.4. The van der Waals surface area contributed by atoms with Crippen LogP contribution in [0, 0.1) is 18.3 Å². The third kappa shape index (κ3) is 3.58. The molecule has 0 saturated heterocycles. The average molecular weight is 433 g/mol. The molecular weight excluding hydrogens is 410 g/mol. The molecule has 0 radical (unpaired) electrons. The predicted octanol–water partition coefficient (Wildman–Crippen LogP) is 4.47. The van der Waals surface area contributed by atoms with E-state index >= 15 is 0 Å². The van der Waals surface area contributed by atoms with Gasteiger partial charge in [-0.2, -0.15) is 9.83 Å². The van der Waals surface area contributed by atoms with Crippen LogP contribution in [0.3, 0.4) is 0 Å². The summed E-state index contributed by atoms with van der Waals surface area (Å²) in [5.41, 5.74) is 11.7. The van der Waals surface area contributed by atoms with E-state index in [4.69, 9.17) is 10.8 Å². The van der Waals surface area contributed by atoms with Gasteiger partial charge in [0.15, 0.2) is 12.0 Å². The minimum absolute atomic E-state index is 0.209. The highest BCUT2D eigenvalue weighted by atomic mass is 15.4. The van der Waals surface area contributed by atoms with Gasteiger partial charge in [-0.1, -0.05) is 53.6 Å². The standard InChI is InChI=1S/C26H22N7/c1-17-15-32(16-29-17)26-24(18(2)31-33(26)20-11-7-4-8-12-20)21-13-23(19-9-5-3-6-10-19)30-25(28)22(21)14-27/h3-13,15-16,24H,1-2H3,(H2,28,30)/q+1. The number of aryl methyl sites for hydroxylation is 1. The molecule has 1 unspecified atom stereocenters. The fraction of sp³-hybridized carbons (Fsp3) is 0.115. The number of hydrazone groups is 1. The van der Waals surface area contributed by atoms with Crippen molar-refractivity contribution < 1.29 is 4.68 Å². The second kappa shape index (κ2) is 8.17. The maximum atomic E-state index is 10.00. The molecule has 1 aliphatic rings. The van der Waals surface area contributed by atoms with Gasteiger partial charge in [-0.05, 0) is 37.6 Å². The van der Waals surface area contributed by atoms with Crippen molar-refractivity contribution in [1.82, 2.24) is 14.5 Å². The van der Waals surface area contributed by atoms with Crippen LogP contribution in [0.5, 0.6) is 0 Å². The zero-order valence-electron chi connectivity index (χ0n) is 18.3. The topological polar surface area (TPSA) is 95.9 Å². The minimum atomic E-state index is -0.304. The van der Waals surface area contributed by atoms with Crippen LogP contribution in [0.4, 0.5) is 11.5 Å². The molecule has 0 saturated carbocycles. The third-order valence-electron chi connectivity index (χ3n) is 5.70. The molecule has 1 atom stereocenters. The SMILES string of the molecule is CC1=N[N+](c2ccccc2)=C(n2cnc(C)c2)C1c1cc(-c2ccccc2)nc(N)c1C#N. The summed E-state index contributed by atoms with van der Waals surface area (Å²) in [6.45, 7) is 3.91. The summed E-state index contributed by atoms with van der Waals surface area (Å²) in [6, 6.07) is 24.0. The van der Waals surface area contributed by atoms with Gasteiger partial charge in [0.2, 0.25) is 0 Å². The Morgan fingerprint density at radius 1 is 1.03 bits per heavy atom. The zero-order chi connectivity index (χ0) is 22.9. The first-order chi connectivity index (χ1) is 16.1. The van der Waals surface area contributed by atoms with Crippen LogP contribution in [-0.4, -0.2) is 30.8 Å². The number of nitriles is 1. The van der Waals surface area contributed by atoms with Crippen molar-refractivity contribution in [1.29, 1.82) is 5.26 Å². The minimum Gasteiger partial charge on any atom is -0.383 e. The molecule has 0 spiro atoms. The van der Waals surface area contributed by atoms with Crippen molar-refractivity contribution in [2.75, 3.05) is 5.73 Å². The molecule has 2 N–H and O–H groups in total. The zero-order valence-corrected chi connectivity index (χ0v) is 18.3. The van der Waals surface area contributed by atoms with Crippen molar-refractivity contribution >= 4 is 23.1 Å². The number of nitrogens with two attached hydrogens (primary N) is 1. The Morgan fingerprint density at radius 2 is 1.73 bits per heavy atom. The molecule has 3 heterocycles. The molecule has 5 rings (SSSR count). The lowest BCUT2D eigenvalue weighted by molar-refractivity contribution is -0.444. The molecule has 0 fully saturated rings. The van der Waals surface area contributed by atoms with Gasteiger partial charge >= 0.3 is 5.84 Å². The van der Waals surface area contributed by atoms with Gasteiger partial charge in [-0.3, -0.25) is 0 Å². The van der Waals surface area contributed by atoms with Crippen LogP contribution in [0.25, 0.3) is 11.3 Å². The molecule has 2 aromatic carbocycles. The Bertz CT molecular complexity index is 1440. The monoisotopic (exact) mass is 432 g/mol. The van der Waals surface area contributed by atoms with E-state index in [-0.39, 0.29) is 11.7 Å². The predicted molar refractivity (Wildman–Crippen MR) is 128 cm³/mol. The number of hydrogen-bond donors (Lipinski definition) is 1. The first kappa shape index (κ1) is 20.3. The van der Waals surface area contributed by atoms with Crippen LogP contribution < -0.4 is 5.73 Å². The number of imidazole rings is 1. The highest BCUT2D eigenvalue weighted by Gasteiger charge is 2.40. The smallest absolute Gasteiger partial charge is 0.301 e. The van der Waals surface area contributed by atoms with Gasteiger partial charge < -0.3 is 5.73 Å². The molecular formula is C26H22N7+. The number of benzene rings is 2. The largest absolute Gasteiger partial charge is 0.383 e. The second-order valence-electron chi connectivity index (χ2n) is 7.94. The summed E-state index contributed by atoms with van der Waals surface area (Å²) in [5, 5.41) is 14.9. The van der Waals surface area contributed by atoms with Crippen LogP contribution in [0.1, 0.15) is 29.7 Å². The summed E-state index contributed by atoms with van der Waals surface area (Å²) in [7, 11) is 0. The highest BCUT2D eigenvalue weighted by Crippen LogP contribution is 2.34. The molecule has 7 heteroatoms. The molecule has 0 amide bonds. The van der Waals surface area contributed by atoms with Gasteiger partial charge in [-0.15, -0.1) is 4.68 Å². The Morgan fingerprint density at radius 3 is 2.36 bits per heavy atom. The highest BCUT2D eigenvalue weighted by molar-refractivity contribution is 6.12. The maximum absolute atomic E-state index is 10.00. The van der Waals surface area contributed by atoms with Crippen LogP contribution in [-0.2, 0) is 0 Å². The van der Waals surface area contributed by atoms with E-state index in [1.54, 1.807) is 6.33 Å². The van der Waals surface area contributed by atoms with E-state index in [1.807, 2.05) is 96.0 Å². The first-order valence-electron chi connectivity index (χ1n) is 10.6. The molecule has 160 valence electrons. The lowest BCUT2D eigenvalue weighted by atomic mass is 9.89. The number of aromatic nitrogens is 3. The van der Waals surface area contributed by atoms with Crippen LogP contribution in [0.15, 0.2) is 84.4 Å². The number of nitrogen functional groups attached to an aromatic ring is 1. The van der Waals surface area contributed by atoms with E-state index in [9.17, 15) is 5.26 Å². The van der Waals surface area contributed by atoms with Gasteiger partial charge in [0.05, 0.1) is 22.7 Å². The van der Waals surface area contributed by atoms with Crippen LogP contribution >= 0.6 is 0 Å². The fourth-order valence-corrected chi connectivity index (χ4v) is 4.20. The van der Waals surface area contributed by atoms with Crippen LogP contribution in [0.2, 0.25) is 0 Å². The van der Waals surface area contributed by atoms with Crippen molar-refractivity contribution in [3.8, 4) is 17.3 Å². The summed E-state index contributed by atoms with van der Waals surface area (Å²) in [5.74, 6) is 0.766. The third-order valence-corrected chi connectivity index (χ3v) is 5.70. The lowest BCUT2D eigenvalue weighted by Gasteiger charge is -2.15. The van der Waals surface area contributed by atoms with Crippen molar-refractivity contribution in [2.24, 2.45) is 5.10 Å². The Kier molecular flexibility index (Phi) is 5.04. The summed E-state index contributed by atoms with van der Waals surface area (Å²) in [4.78, 5) is 8.95. The molecule has 4 aromatic rings. The maximum Gasteiger partial charge on any atom is 0.301 e. The molecule has 0 aliphatic carbocycles. The van der Waals surface area contributed by atoms with E-state index in [1.165, 1.54) is 0 Å². The Balaban J connectivity index is 1.78. The number of para-hydroxylation sites is 1. The fourth-order valence-electron chi connectivity index (χ4n) is 4.20. The molecule has 2 aromatic heterocycles. The summed E-state index contributed by atoms with van der Waals surface area (Å²) in [6.07, 6.45) is 3.73. The Hall–Kier alpha value is -4.57. The van der Waals surface area contributed by atoms with E-state index in [0.29, 0.717) is 11.3 Å². The van der Waals surface area contributed by atoms with Crippen molar-refractivity contribution in [2.45, 2.75) is 19.8 Å². The summed E-state index contributed by atoms with van der Waals surface area (Å²) < 4.78 is 3.87. The number of rotatable bonds is 3. The van der Waals surface area contributed by atoms with E-state index in [2.05, 4.69) is 16.0 Å². The average Bonchev–Trinajstić information content (AvgIpc) is 3.42. The van der Waals surface area contributed by atoms with Gasteiger partial charge in [0.25, 0.3) is 0 Å².